The van der Waals surface area contributed by atoms with Crippen molar-refractivity contribution in [2.24, 2.45) is 10.7 Å². The monoisotopic (exact) mass is 262 g/mol. The van der Waals surface area contributed by atoms with Crippen molar-refractivity contribution in [1.82, 2.24) is 0 Å². The summed E-state index contributed by atoms with van der Waals surface area (Å²) < 4.78 is 0. The zero-order chi connectivity index (χ0) is 14.8. The molecule has 102 valence electrons. The number of hydrogen-bond donors (Lipinski definition) is 2. The van der Waals surface area contributed by atoms with Gasteiger partial charge in [0, 0.05) is 23.9 Å². The van der Waals surface area contributed by atoms with Gasteiger partial charge in [-0.2, -0.15) is 0 Å². The van der Waals surface area contributed by atoms with Gasteiger partial charge in [0.05, 0.1) is 11.5 Å². The molecule has 1 rings (SSSR count). The molecule has 0 aliphatic rings. The highest BCUT2D eigenvalue weighted by atomic mass is 16.6. The van der Waals surface area contributed by atoms with Gasteiger partial charge in [0.2, 0.25) is 0 Å². The average Bonchev–Trinajstić information content (AvgIpc) is 2.46. The molecule has 0 fully saturated rings. The van der Waals surface area contributed by atoms with E-state index < -0.39 is 4.92 Å². The fourth-order valence-corrected chi connectivity index (χ4v) is 1.08. The van der Waals surface area contributed by atoms with Crippen molar-refractivity contribution in [2.75, 3.05) is 0 Å². The van der Waals surface area contributed by atoms with Crippen molar-refractivity contribution < 1.29 is 4.92 Å². The number of nitro groups is 1. The van der Waals surface area contributed by atoms with E-state index in [9.17, 15) is 10.1 Å². The largest absolute Gasteiger partial charge is 0.383 e. The van der Waals surface area contributed by atoms with Crippen molar-refractivity contribution in [1.29, 1.82) is 5.41 Å². The maximum Gasteiger partial charge on any atom is 0.269 e. The van der Waals surface area contributed by atoms with Gasteiger partial charge in [-0.15, -0.1) is 0 Å². The normalized spacial score (nSPS) is 10.1. The molecular weight excluding hydrogens is 244 g/mol. The lowest BCUT2D eigenvalue weighted by Gasteiger charge is -2.00. The summed E-state index contributed by atoms with van der Waals surface area (Å²) in [6.07, 6.45) is 1.02. The molecule has 0 aliphatic heterocycles. The van der Waals surface area contributed by atoms with Crippen LogP contribution in [0.25, 0.3) is 0 Å². The third-order valence-electron chi connectivity index (χ3n) is 2.08. The zero-order valence-corrected chi connectivity index (χ0v) is 11.1. The number of amidine groups is 1. The van der Waals surface area contributed by atoms with Crippen LogP contribution in [0.2, 0.25) is 0 Å². The van der Waals surface area contributed by atoms with Crippen molar-refractivity contribution in [3.8, 4) is 0 Å². The van der Waals surface area contributed by atoms with Crippen molar-refractivity contribution >= 4 is 17.7 Å². The maximum absolute atomic E-state index is 10.4. The van der Waals surface area contributed by atoms with Gasteiger partial charge >= 0.3 is 0 Å². The van der Waals surface area contributed by atoms with Gasteiger partial charge in [-0.25, -0.2) is 0 Å². The fraction of sp³-hybridized carbons (Fsp3) is 0.231. The number of benzene rings is 1. The topological polar surface area (TPSA) is 105 Å². The van der Waals surface area contributed by atoms with Gasteiger partial charge in [0.25, 0.3) is 5.69 Å². The summed E-state index contributed by atoms with van der Waals surface area (Å²) in [6, 6.07) is 6.04. The molecule has 0 unspecified atom stereocenters. The first-order valence-electron chi connectivity index (χ1n) is 5.77. The van der Waals surface area contributed by atoms with Gasteiger partial charge < -0.3 is 11.1 Å². The number of nitrogens with zero attached hydrogens (tertiary/aromatic N) is 2. The van der Waals surface area contributed by atoms with Gasteiger partial charge in [-0.3, -0.25) is 15.1 Å². The molecule has 3 N–H and O–H groups in total. The Bertz CT molecular complexity index is 478. The van der Waals surface area contributed by atoms with Crippen LogP contribution in [0.1, 0.15) is 19.4 Å². The molecule has 19 heavy (non-hydrogen) atoms. The molecule has 0 amide bonds. The van der Waals surface area contributed by atoms with Gasteiger partial charge in [-0.05, 0) is 5.56 Å². The van der Waals surface area contributed by atoms with Crippen molar-refractivity contribution in [3.05, 3.63) is 52.1 Å². The third kappa shape index (κ3) is 5.58. The lowest BCUT2D eigenvalue weighted by atomic mass is 10.2. The van der Waals surface area contributed by atoms with Gasteiger partial charge in [0.15, 0.2) is 0 Å². The highest BCUT2D eigenvalue weighted by molar-refractivity contribution is 6.12. The Balaban J connectivity index is 0.00000154. The van der Waals surface area contributed by atoms with Crippen LogP contribution in [-0.2, 0) is 6.54 Å². The highest BCUT2D eigenvalue weighted by Gasteiger charge is 2.03. The van der Waals surface area contributed by atoms with E-state index in [0.717, 1.165) is 11.8 Å². The molecule has 6 nitrogen and oxygen atoms in total. The fourth-order valence-electron chi connectivity index (χ4n) is 1.08. The average molecular weight is 262 g/mol. The summed E-state index contributed by atoms with van der Waals surface area (Å²) in [7, 11) is 0. The van der Waals surface area contributed by atoms with Crippen molar-refractivity contribution in [2.45, 2.75) is 20.4 Å². The molecule has 0 radical (unpaired) electrons. The summed E-state index contributed by atoms with van der Waals surface area (Å²) in [5.74, 6) is 0.193. The Hall–Kier alpha value is -2.50. The zero-order valence-electron chi connectivity index (χ0n) is 11.1. The summed E-state index contributed by atoms with van der Waals surface area (Å²) >= 11 is 0. The second-order valence-corrected chi connectivity index (χ2v) is 3.29. The minimum Gasteiger partial charge on any atom is -0.383 e. The lowest BCUT2D eigenvalue weighted by Crippen LogP contribution is -2.15. The van der Waals surface area contributed by atoms with Gasteiger partial charge in [-0.1, -0.05) is 32.6 Å². The Morgan fingerprint density at radius 1 is 1.47 bits per heavy atom. The number of nitrogens with one attached hydrogen (secondary N) is 1. The van der Waals surface area contributed by atoms with Crippen LogP contribution >= 0.6 is 0 Å². The summed E-state index contributed by atoms with van der Waals surface area (Å²) in [6.45, 7) is 7.84. The Morgan fingerprint density at radius 2 is 2.00 bits per heavy atom. The first-order valence-corrected chi connectivity index (χ1v) is 5.77. The minimum atomic E-state index is -0.460. The van der Waals surface area contributed by atoms with E-state index in [2.05, 4.69) is 11.6 Å². The number of rotatable bonds is 5. The second-order valence-electron chi connectivity index (χ2n) is 3.29. The van der Waals surface area contributed by atoms with E-state index in [4.69, 9.17) is 11.1 Å². The molecule has 0 aromatic heterocycles. The predicted octanol–water partition coefficient (Wildman–Crippen LogP) is 2.68. The maximum atomic E-state index is 10.4. The highest BCUT2D eigenvalue weighted by Crippen LogP contribution is 2.12. The number of aliphatic imine (C=N–C) groups is 1. The number of non-ortho nitro benzene ring substituents is 1. The van der Waals surface area contributed by atoms with Crippen LogP contribution in [0, 0.1) is 15.5 Å². The van der Waals surface area contributed by atoms with Crippen LogP contribution in [0.5, 0.6) is 0 Å². The first kappa shape index (κ1) is 16.5. The molecule has 0 bridgehead atoms. The molecule has 0 heterocycles. The molecule has 0 aliphatic carbocycles. The summed E-state index contributed by atoms with van der Waals surface area (Å²) in [5, 5.41) is 17.4. The van der Waals surface area contributed by atoms with Crippen LogP contribution in [0.15, 0.2) is 41.4 Å². The predicted molar refractivity (Wildman–Crippen MR) is 77.7 cm³/mol. The van der Waals surface area contributed by atoms with E-state index in [1.807, 2.05) is 13.8 Å². The van der Waals surface area contributed by atoms with Crippen LogP contribution in [-0.4, -0.2) is 17.0 Å². The van der Waals surface area contributed by atoms with Crippen LogP contribution < -0.4 is 5.73 Å². The number of nitro benzene ring substituents is 1. The third-order valence-corrected chi connectivity index (χ3v) is 2.08. The molecule has 1 aromatic rings. The van der Waals surface area contributed by atoms with E-state index in [1.165, 1.54) is 12.1 Å². The number of nitrogens with two attached hydrogens (primary N) is 1. The molecule has 1 aromatic carbocycles. The molecule has 6 heteroatoms. The summed E-state index contributed by atoms with van der Waals surface area (Å²) in [5.41, 5.74) is 6.72. The smallest absolute Gasteiger partial charge is 0.269 e. The standard InChI is InChI=1S/C11H12N4O2.C2H6/c1-8(6-12)11(13)14-7-9-2-4-10(5-3-9)15(16)17;1-2/h2-6,12H,1,7H2,(H2,13,14);1-2H3. The van der Waals surface area contributed by atoms with Crippen molar-refractivity contribution in [3.63, 3.8) is 0 Å². The van der Waals surface area contributed by atoms with Crippen LogP contribution in [0.3, 0.4) is 0 Å². The van der Waals surface area contributed by atoms with Crippen LogP contribution in [0.4, 0.5) is 5.69 Å². The second kappa shape index (κ2) is 8.57. The number of hydrogen-bond acceptors (Lipinski definition) is 4. The Labute approximate surface area is 112 Å². The van der Waals surface area contributed by atoms with Gasteiger partial charge in [0.1, 0.15) is 5.84 Å². The lowest BCUT2D eigenvalue weighted by molar-refractivity contribution is -0.384. The molecule has 0 saturated heterocycles. The molecule has 0 spiro atoms. The van der Waals surface area contributed by atoms with E-state index in [1.54, 1.807) is 12.1 Å². The molecule has 0 saturated carbocycles. The first-order chi connectivity index (χ1) is 9.04. The molecule has 0 atom stereocenters. The van der Waals surface area contributed by atoms with E-state index >= 15 is 0 Å². The van der Waals surface area contributed by atoms with E-state index in [-0.39, 0.29) is 11.5 Å². The van der Waals surface area contributed by atoms with E-state index in [0.29, 0.717) is 12.1 Å². The minimum absolute atomic E-state index is 0.0367. The Morgan fingerprint density at radius 3 is 2.42 bits per heavy atom. The molecular formula is C13H18N4O2. The summed E-state index contributed by atoms with van der Waals surface area (Å²) in [4.78, 5) is 14.0. The SMILES string of the molecule is C=C(C=N)C(N)=NCc1ccc([N+](=O)[O-])cc1.CC. The quantitative estimate of drug-likeness (QED) is 0.368. The Kier molecular flexibility index (Phi) is 7.44.